The minimum Gasteiger partial charge on any atom is -0.412 e. The minimum atomic E-state index is -0.142. The van der Waals surface area contributed by atoms with Gasteiger partial charge in [0.25, 0.3) is 0 Å². The van der Waals surface area contributed by atoms with Gasteiger partial charge in [0.15, 0.2) is 0 Å². The fourth-order valence-corrected chi connectivity index (χ4v) is 4.68. The fraction of sp³-hybridized carbons (Fsp3) is 1.00. The first kappa shape index (κ1) is 21.8. The zero-order valence-corrected chi connectivity index (χ0v) is 14.8. The van der Waals surface area contributed by atoms with Crippen LogP contribution in [0.5, 0.6) is 0 Å². The van der Waals surface area contributed by atoms with Crippen LogP contribution in [0.1, 0.15) is 69.1 Å². The van der Waals surface area contributed by atoms with Gasteiger partial charge in [0.2, 0.25) is 0 Å². The monoisotopic (exact) mass is 322 g/mol. The van der Waals surface area contributed by atoms with Crippen LogP contribution in [-0.4, -0.2) is 34.9 Å². The molecule has 4 nitrogen and oxygen atoms in total. The molecule has 1 aliphatic heterocycles. The molecule has 0 aromatic carbocycles. The van der Waals surface area contributed by atoms with Crippen molar-refractivity contribution in [1.82, 2.24) is 0 Å². The molecule has 0 aromatic heterocycles. The van der Waals surface area contributed by atoms with Crippen molar-refractivity contribution < 1.29 is 23.6 Å². The molecular formula is C18H42O4. The van der Waals surface area contributed by atoms with Crippen molar-refractivity contribution >= 4 is 0 Å². The Hall–Kier alpha value is -0.160. The molecule has 0 spiro atoms. The van der Waals surface area contributed by atoms with Crippen molar-refractivity contribution in [2.45, 2.75) is 78.4 Å². The molecule has 4 heteroatoms. The summed E-state index contributed by atoms with van der Waals surface area (Å²) in [6.45, 7) is 9.92. The summed E-state index contributed by atoms with van der Waals surface area (Å²) >= 11 is 0. The largest absolute Gasteiger partial charge is 0.412 e. The van der Waals surface area contributed by atoms with Crippen LogP contribution in [0.15, 0.2) is 0 Å². The third-order valence-corrected chi connectivity index (χ3v) is 6.21. The van der Waals surface area contributed by atoms with Gasteiger partial charge in [0.1, 0.15) is 0 Å². The van der Waals surface area contributed by atoms with Crippen LogP contribution in [0.2, 0.25) is 0 Å². The average molecular weight is 323 g/mol. The van der Waals surface area contributed by atoms with E-state index in [-0.39, 0.29) is 19.9 Å². The SMILES string of the molecule is CC[C@@H](O)[C@H](C)C1CCC(C)C2CCCC(C)OCC21.O.O.[HH].[HH]. The second-order valence-corrected chi connectivity index (χ2v) is 7.46. The zero-order chi connectivity index (χ0) is 14.7. The molecule has 1 aliphatic carbocycles. The number of aliphatic hydroxyl groups excluding tert-OH is 1. The smallest absolute Gasteiger partial charge is 0.0565 e. The molecule has 5 unspecified atom stereocenters. The van der Waals surface area contributed by atoms with Crippen LogP contribution in [0.4, 0.5) is 0 Å². The highest BCUT2D eigenvalue weighted by Gasteiger charge is 2.41. The van der Waals surface area contributed by atoms with E-state index < -0.39 is 0 Å². The number of hydrogen-bond acceptors (Lipinski definition) is 2. The van der Waals surface area contributed by atoms with Crippen molar-refractivity contribution in [3.63, 3.8) is 0 Å². The lowest BCUT2D eigenvalue weighted by Crippen LogP contribution is -2.43. The van der Waals surface area contributed by atoms with E-state index in [1.54, 1.807) is 0 Å². The molecule has 2 fully saturated rings. The van der Waals surface area contributed by atoms with Crippen LogP contribution >= 0.6 is 0 Å². The maximum absolute atomic E-state index is 10.3. The first-order valence-corrected chi connectivity index (χ1v) is 8.84. The second-order valence-electron chi connectivity index (χ2n) is 7.46. The molecule has 2 aliphatic rings. The van der Waals surface area contributed by atoms with E-state index in [1.807, 2.05) is 0 Å². The van der Waals surface area contributed by atoms with Crippen LogP contribution in [0, 0.1) is 29.6 Å². The van der Waals surface area contributed by atoms with Crippen LogP contribution in [0.25, 0.3) is 0 Å². The molecule has 7 atom stereocenters. The number of ether oxygens (including phenoxy) is 1. The summed E-state index contributed by atoms with van der Waals surface area (Å²) in [6, 6.07) is 0. The third kappa shape index (κ3) is 4.92. The predicted molar refractivity (Wildman–Crippen MR) is 95.1 cm³/mol. The van der Waals surface area contributed by atoms with E-state index in [1.165, 1.54) is 32.1 Å². The lowest BCUT2D eigenvalue weighted by molar-refractivity contribution is -0.0700. The molecule has 2 rings (SSSR count). The van der Waals surface area contributed by atoms with Gasteiger partial charge >= 0.3 is 0 Å². The molecule has 22 heavy (non-hydrogen) atoms. The van der Waals surface area contributed by atoms with Crippen molar-refractivity contribution in [3.05, 3.63) is 0 Å². The molecular weight excluding hydrogens is 280 g/mol. The molecule has 0 aromatic rings. The number of hydrogen-bond donors (Lipinski definition) is 1. The van der Waals surface area contributed by atoms with Gasteiger partial charge in [-0.15, -0.1) is 0 Å². The van der Waals surface area contributed by atoms with Gasteiger partial charge in [-0.25, -0.2) is 0 Å². The predicted octanol–water partition coefficient (Wildman–Crippen LogP) is 3.10. The van der Waals surface area contributed by atoms with Crippen molar-refractivity contribution in [2.75, 3.05) is 6.61 Å². The summed E-state index contributed by atoms with van der Waals surface area (Å²) in [4.78, 5) is 0. The topological polar surface area (TPSA) is 92.5 Å². The first-order valence-electron chi connectivity index (χ1n) is 8.84. The molecule has 5 N–H and O–H groups in total. The maximum Gasteiger partial charge on any atom is 0.0565 e. The van der Waals surface area contributed by atoms with Gasteiger partial charge in [-0.2, -0.15) is 0 Å². The van der Waals surface area contributed by atoms with Gasteiger partial charge in [-0.1, -0.05) is 33.6 Å². The Labute approximate surface area is 139 Å². The fourth-order valence-electron chi connectivity index (χ4n) is 4.68. The van der Waals surface area contributed by atoms with E-state index in [2.05, 4.69) is 27.7 Å². The Morgan fingerprint density at radius 3 is 2.41 bits per heavy atom. The molecule has 0 bridgehead atoms. The lowest BCUT2D eigenvalue weighted by Gasteiger charge is -2.46. The average Bonchev–Trinajstić information content (AvgIpc) is 2.43. The number of fused-ring (bicyclic) bond motifs is 1. The van der Waals surface area contributed by atoms with E-state index in [4.69, 9.17) is 4.74 Å². The van der Waals surface area contributed by atoms with E-state index in [0.717, 1.165) is 24.9 Å². The highest BCUT2D eigenvalue weighted by molar-refractivity contribution is 4.90. The summed E-state index contributed by atoms with van der Waals surface area (Å²) in [6.07, 6.45) is 7.66. The third-order valence-electron chi connectivity index (χ3n) is 6.21. The molecule has 1 saturated carbocycles. The number of rotatable bonds is 3. The highest BCUT2D eigenvalue weighted by Crippen LogP contribution is 2.46. The van der Waals surface area contributed by atoms with Gasteiger partial charge in [-0.05, 0) is 62.2 Å². The quantitative estimate of drug-likeness (QED) is 0.864. The van der Waals surface area contributed by atoms with Gasteiger partial charge in [-0.3, -0.25) is 0 Å². The molecule has 1 saturated heterocycles. The van der Waals surface area contributed by atoms with Crippen molar-refractivity contribution in [3.8, 4) is 0 Å². The molecule has 1 heterocycles. The van der Waals surface area contributed by atoms with E-state index in [9.17, 15) is 5.11 Å². The van der Waals surface area contributed by atoms with Crippen molar-refractivity contribution in [1.29, 1.82) is 0 Å². The standard InChI is InChI=1S/C18H34O2.2H2O.2H2/c1-5-18(19)14(4)16-10-9-12(2)15-8-6-7-13(3)20-11-17(15)16;;;;/h12-19H,5-11H2,1-4H3;2*1H2;2*1H/t12?,13?,14-,15?,16?,17?,18-;;;;/m1..../s1. The minimum absolute atomic E-state index is 0. The Bertz CT molecular complexity index is 307. The summed E-state index contributed by atoms with van der Waals surface area (Å²) in [5, 5.41) is 10.3. The summed E-state index contributed by atoms with van der Waals surface area (Å²) in [5.41, 5.74) is 0. The van der Waals surface area contributed by atoms with Gasteiger partial charge in [0, 0.05) is 2.85 Å². The van der Waals surface area contributed by atoms with Gasteiger partial charge in [0.05, 0.1) is 18.8 Å². The normalized spacial score (nSPS) is 38.3. The first-order chi connectivity index (χ1) is 9.54. The van der Waals surface area contributed by atoms with Crippen LogP contribution < -0.4 is 0 Å². The van der Waals surface area contributed by atoms with E-state index >= 15 is 0 Å². The summed E-state index contributed by atoms with van der Waals surface area (Å²) in [5.74, 6) is 3.37. The van der Waals surface area contributed by atoms with Gasteiger partial charge < -0.3 is 20.8 Å². The Kier molecular flexibility index (Phi) is 9.79. The van der Waals surface area contributed by atoms with Crippen molar-refractivity contribution in [2.24, 2.45) is 29.6 Å². The molecule has 138 valence electrons. The Morgan fingerprint density at radius 2 is 1.77 bits per heavy atom. The molecule has 0 radical (unpaired) electrons. The van der Waals surface area contributed by atoms with Crippen LogP contribution in [-0.2, 0) is 4.74 Å². The summed E-state index contributed by atoms with van der Waals surface area (Å²) in [7, 11) is 0. The maximum atomic E-state index is 10.3. The Morgan fingerprint density at radius 1 is 1.09 bits per heavy atom. The molecule has 0 amide bonds. The van der Waals surface area contributed by atoms with E-state index in [0.29, 0.717) is 23.9 Å². The highest BCUT2D eigenvalue weighted by atomic mass is 16.5. The number of aliphatic hydroxyl groups is 1. The lowest BCUT2D eigenvalue weighted by atomic mass is 9.61. The Balaban J connectivity index is -0.00000110. The zero-order valence-electron chi connectivity index (χ0n) is 14.8. The van der Waals surface area contributed by atoms with Crippen LogP contribution in [0.3, 0.4) is 0 Å². The summed E-state index contributed by atoms with van der Waals surface area (Å²) < 4.78 is 6.11. The second kappa shape index (κ2) is 9.86.